The van der Waals surface area contributed by atoms with Crippen LogP contribution >= 0.6 is 15.9 Å². The van der Waals surface area contributed by atoms with Crippen molar-refractivity contribution < 1.29 is 4.79 Å². The molecule has 27 heavy (non-hydrogen) atoms. The minimum absolute atomic E-state index is 0.221. The van der Waals surface area contributed by atoms with E-state index in [0.717, 1.165) is 21.4 Å². The van der Waals surface area contributed by atoms with Crippen LogP contribution in [0, 0.1) is 6.92 Å². The molecule has 6 heteroatoms. The quantitative estimate of drug-likeness (QED) is 0.478. The molecular formula is C21H19BrN4O. The Hall–Kier alpha value is -2.99. The van der Waals surface area contributed by atoms with Crippen LogP contribution in [0.15, 0.2) is 82.4 Å². The number of hydrogen-bond acceptors (Lipinski definition) is 3. The van der Waals surface area contributed by atoms with E-state index in [1.54, 1.807) is 12.3 Å². The number of aryl methyl sites for hydroxylation is 1. The first-order chi connectivity index (χ1) is 13.1. The highest BCUT2D eigenvalue weighted by Crippen LogP contribution is 2.15. The van der Waals surface area contributed by atoms with E-state index in [4.69, 9.17) is 0 Å². The monoisotopic (exact) mass is 422 g/mol. The lowest BCUT2D eigenvalue weighted by atomic mass is 10.1. The Morgan fingerprint density at radius 3 is 2.67 bits per heavy atom. The van der Waals surface area contributed by atoms with Crippen LogP contribution in [0.5, 0.6) is 0 Å². The fourth-order valence-corrected chi connectivity index (χ4v) is 2.83. The first-order valence-corrected chi connectivity index (χ1v) is 9.24. The number of carbonyl (C=O) groups excluding carboxylic acids is 1. The molecule has 3 rings (SSSR count). The number of nitrogens with one attached hydrogen (secondary N) is 2. The summed E-state index contributed by atoms with van der Waals surface area (Å²) in [6, 6.07) is 20.7. The van der Waals surface area contributed by atoms with Gasteiger partial charge >= 0.3 is 0 Å². The highest BCUT2D eigenvalue weighted by molar-refractivity contribution is 9.10. The van der Waals surface area contributed by atoms with Crippen molar-refractivity contribution in [3.05, 3.63) is 94.2 Å². The number of aliphatic imine (C=N–C) groups is 1. The second kappa shape index (κ2) is 9.09. The summed E-state index contributed by atoms with van der Waals surface area (Å²) in [6.45, 7) is 2.30. The van der Waals surface area contributed by atoms with Gasteiger partial charge in [0.15, 0.2) is 0 Å². The molecule has 0 radical (unpaired) electrons. The summed E-state index contributed by atoms with van der Waals surface area (Å²) < 4.78 is 0.932. The van der Waals surface area contributed by atoms with Gasteiger partial charge in [-0.3, -0.25) is 15.1 Å². The van der Waals surface area contributed by atoms with E-state index in [9.17, 15) is 4.79 Å². The Bertz CT molecular complexity index is 957. The van der Waals surface area contributed by atoms with Gasteiger partial charge in [-0.25, -0.2) is 4.99 Å². The first kappa shape index (κ1) is 18.8. The summed E-state index contributed by atoms with van der Waals surface area (Å²) in [7, 11) is 0. The predicted octanol–water partition coefficient (Wildman–Crippen LogP) is 4.55. The van der Waals surface area contributed by atoms with E-state index in [0.29, 0.717) is 18.1 Å². The van der Waals surface area contributed by atoms with Crippen LogP contribution in [0.1, 0.15) is 21.6 Å². The number of hydrogen-bond donors (Lipinski definition) is 2. The molecule has 0 aliphatic rings. The molecule has 3 aromatic rings. The highest BCUT2D eigenvalue weighted by atomic mass is 79.9. The minimum atomic E-state index is -0.221. The van der Waals surface area contributed by atoms with Gasteiger partial charge in [0.05, 0.1) is 12.2 Å². The minimum Gasteiger partial charge on any atom is -0.326 e. The molecule has 0 aliphatic carbocycles. The molecule has 5 nitrogen and oxygen atoms in total. The lowest BCUT2D eigenvalue weighted by Crippen LogP contribution is -2.36. The van der Waals surface area contributed by atoms with Gasteiger partial charge in [0, 0.05) is 21.9 Å². The van der Waals surface area contributed by atoms with Crippen molar-refractivity contribution in [3.8, 4) is 0 Å². The number of anilines is 1. The summed E-state index contributed by atoms with van der Waals surface area (Å²) in [6.07, 6.45) is 1.72. The molecule has 136 valence electrons. The average Bonchev–Trinajstić information content (AvgIpc) is 2.67. The maximum Gasteiger partial charge on any atom is 0.257 e. The second-order valence-electron chi connectivity index (χ2n) is 5.94. The van der Waals surface area contributed by atoms with E-state index in [1.807, 2.05) is 67.6 Å². The molecule has 0 spiro atoms. The molecule has 1 aromatic heterocycles. The Morgan fingerprint density at radius 2 is 1.93 bits per heavy atom. The number of nitrogens with zero attached hydrogens (tertiary/aromatic N) is 2. The molecule has 0 saturated heterocycles. The van der Waals surface area contributed by atoms with Crippen molar-refractivity contribution in [2.75, 3.05) is 5.32 Å². The van der Waals surface area contributed by atoms with Crippen molar-refractivity contribution in [3.63, 3.8) is 0 Å². The lowest BCUT2D eigenvalue weighted by Gasteiger charge is -2.12. The number of pyridine rings is 1. The molecular weight excluding hydrogens is 404 g/mol. The Balaban J connectivity index is 1.81. The highest BCUT2D eigenvalue weighted by Gasteiger charge is 2.10. The van der Waals surface area contributed by atoms with Crippen LogP contribution in [0.4, 0.5) is 5.69 Å². The molecule has 1 heterocycles. The van der Waals surface area contributed by atoms with Crippen LogP contribution in [-0.2, 0) is 6.54 Å². The van der Waals surface area contributed by atoms with Crippen molar-refractivity contribution in [1.29, 1.82) is 0 Å². The largest absolute Gasteiger partial charge is 0.326 e. The van der Waals surface area contributed by atoms with Crippen LogP contribution < -0.4 is 10.6 Å². The number of rotatable bonds is 4. The molecule has 1 amide bonds. The molecule has 0 aliphatic heterocycles. The van der Waals surface area contributed by atoms with E-state index < -0.39 is 0 Å². The van der Waals surface area contributed by atoms with E-state index in [-0.39, 0.29) is 5.91 Å². The average molecular weight is 423 g/mol. The van der Waals surface area contributed by atoms with Crippen LogP contribution in [-0.4, -0.2) is 16.9 Å². The van der Waals surface area contributed by atoms with Crippen molar-refractivity contribution in [2.24, 2.45) is 4.99 Å². The number of amides is 1. The maximum atomic E-state index is 12.6. The molecule has 0 fully saturated rings. The zero-order valence-electron chi connectivity index (χ0n) is 14.8. The lowest BCUT2D eigenvalue weighted by molar-refractivity contribution is 0.0977. The number of benzene rings is 2. The third-order valence-electron chi connectivity index (χ3n) is 3.72. The predicted molar refractivity (Wildman–Crippen MR) is 112 cm³/mol. The van der Waals surface area contributed by atoms with Crippen molar-refractivity contribution in [2.45, 2.75) is 13.5 Å². The molecule has 0 atom stereocenters. The normalized spacial score (nSPS) is 11.1. The molecule has 0 saturated carbocycles. The standard InChI is InChI=1S/C21H19BrN4O/c1-15-6-4-7-16(12-15)20(27)26-21(24-14-19-9-2-3-11-23-19)25-18-10-5-8-17(22)13-18/h2-13H,14H2,1H3,(H2,24,25,26,27). The Labute approximate surface area is 166 Å². The summed E-state index contributed by atoms with van der Waals surface area (Å²) in [4.78, 5) is 21.4. The summed E-state index contributed by atoms with van der Waals surface area (Å²) >= 11 is 3.45. The molecule has 2 aromatic carbocycles. The van der Waals surface area contributed by atoms with Gasteiger partial charge in [0.25, 0.3) is 5.91 Å². The van der Waals surface area contributed by atoms with Gasteiger partial charge in [0.2, 0.25) is 5.96 Å². The number of aromatic nitrogens is 1. The molecule has 0 unspecified atom stereocenters. The molecule has 0 bridgehead atoms. The number of halogens is 1. The van der Waals surface area contributed by atoms with Gasteiger partial charge in [0.1, 0.15) is 0 Å². The molecule has 2 N–H and O–H groups in total. The van der Waals surface area contributed by atoms with Crippen LogP contribution in [0.3, 0.4) is 0 Å². The zero-order chi connectivity index (χ0) is 19.1. The number of carbonyl (C=O) groups is 1. The van der Waals surface area contributed by atoms with E-state index in [1.165, 1.54) is 0 Å². The van der Waals surface area contributed by atoms with E-state index in [2.05, 4.69) is 36.5 Å². The van der Waals surface area contributed by atoms with Crippen LogP contribution in [0.2, 0.25) is 0 Å². The van der Waals surface area contributed by atoms with Crippen molar-refractivity contribution in [1.82, 2.24) is 10.3 Å². The van der Waals surface area contributed by atoms with Gasteiger partial charge in [-0.1, -0.05) is 45.8 Å². The van der Waals surface area contributed by atoms with Gasteiger partial charge in [-0.15, -0.1) is 0 Å². The fourth-order valence-electron chi connectivity index (χ4n) is 2.43. The fraction of sp³-hybridized carbons (Fsp3) is 0.0952. The third-order valence-corrected chi connectivity index (χ3v) is 4.22. The van der Waals surface area contributed by atoms with E-state index >= 15 is 0 Å². The SMILES string of the molecule is Cc1cccc(C(=O)NC(=NCc2ccccn2)Nc2cccc(Br)c2)c1. The zero-order valence-corrected chi connectivity index (χ0v) is 16.4. The summed E-state index contributed by atoms with van der Waals surface area (Å²) in [5.74, 6) is 0.145. The smallest absolute Gasteiger partial charge is 0.257 e. The topological polar surface area (TPSA) is 66.4 Å². The van der Waals surface area contributed by atoms with Crippen molar-refractivity contribution >= 4 is 33.5 Å². The summed E-state index contributed by atoms with van der Waals surface area (Å²) in [5, 5.41) is 6.02. The maximum absolute atomic E-state index is 12.6. The van der Waals surface area contributed by atoms with Gasteiger partial charge < -0.3 is 5.32 Å². The summed E-state index contributed by atoms with van der Waals surface area (Å²) in [5.41, 5.74) is 3.23. The van der Waals surface area contributed by atoms with Gasteiger partial charge in [-0.05, 0) is 49.4 Å². The van der Waals surface area contributed by atoms with Gasteiger partial charge in [-0.2, -0.15) is 0 Å². The third kappa shape index (κ3) is 5.76. The first-order valence-electron chi connectivity index (χ1n) is 8.45. The Kier molecular flexibility index (Phi) is 6.33. The van der Waals surface area contributed by atoms with Crippen LogP contribution in [0.25, 0.3) is 0 Å². The second-order valence-corrected chi connectivity index (χ2v) is 6.86. The Morgan fingerprint density at radius 1 is 1.07 bits per heavy atom. The number of guanidine groups is 1.